The zero-order valence-corrected chi connectivity index (χ0v) is 19.9. The highest BCUT2D eigenvalue weighted by Crippen LogP contribution is 2.37. The van der Waals surface area contributed by atoms with Gasteiger partial charge in [-0.1, -0.05) is 30.3 Å². The van der Waals surface area contributed by atoms with E-state index < -0.39 is 28.1 Å². The van der Waals surface area contributed by atoms with E-state index in [1.54, 1.807) is 74.9 Å². The Bertz CT molecular complexity index is 1280. The molecule has 1 aliphatic heterocycles. The van der Waals surface area contributed by atoms with Crippen LogP contribution in [0.2, 0.25) is 0 Å². The van der Waals surface area contributed by atoms with E-state index in [9.17, 15) is 13.2 Å². The van der Waals surface area contributed by atoms with Crippen molar-refractivity contribution in [2.75, 3.05) is 25.1 Å². The molecule has 0 bridgehead atoms. The van der Waals surface area contributed by atoms with Crippen molar-refractivity contribution in [1.82, 2.24) is 5.32 Å². The number of carbonyl (C=O) groups is 1. The van der Waals surface area contributed by atoms with E-state index in [-0.39, 0.29) is 11.4 Å². The van der Waals surface area contributed by atoms with Crippen LogP contribution in [-0.2, 0) is 14.8 Å². The van der Waals surface area contributed by atoms with Crippen LogP contribution in [0.15, 0.2) is 77.7 Å². The first-order valence-electron chi connectivity index (χ1n) is 10.7. The predicted octanol–water partition coefficient (Wildman–Crippen LogP) is 3.54. The van der Waals surface area contributed by atoms with Crippen molar-refractivity contribution in [3.8, 4) is 17.2 Å². The second kappa shape index (κ2) is 9.64. The molecule has 34 heavy (non-hydrogen) atoms. The van der Waals surface area contributed by atoms with Crippen LogP contribution >= 0.6 is 0 Å². The van der Waals surface area contributed by atoms with Gasteiger partial charge in [0, 0.05) is 5.56 Å². The van der Waals surface area contributed by atoms with Crippen molar-refractivity contribution >= 4 is 21.6 Å². The summed E-state index contributed by atoms with van der Waals surface area (Å²) in [5, 5.41) is 2.91. The number of nitrogens with zero attached hydrogens (tertiary/aromatic N) is 1. The fourth-order valence-corrected chi connectivity index (χ4v) is 5.34. The fraction of sp³-hybridized carbons (Fsp3) is 0.240. The molecule has 178 valence electrons. The molecule has 1 heterocycles. The van der Waals surface area contributed by atoms with Gasteiger partial charge in [0.25, 0.3) is 15.9 Å². The van der Waals surface area contributed by atoms with Crippen molar-refractivity contribution in [2.45, 2.75) is 24.0 Å². The largest absolute Gasteiger partial charge is 0.497 e. The average Bonchev–Trinajstić information content (AvgIpc) is 2.87. The number of rotatable bonds is 7. The van der Waals surface area contributed by atoms with Gasteiger partial charge in [0.15, 0.2) is 6.10 Å². The predicted molar refractivity (Wildman–Crippen MR) is 128 cm³/mol. The molecule has 1 aliphatic rings. The van der Waals surface area contributed by atoms with Crippen LogP contribution in [0, 0.1) is 0 Å². The number of amides is 1. The second-order valence-electron chi connectivity index (χ2n) is 7.76. The summed E-state index contributed by atoms with van der Waals surface area (Å²) in [4.78, 5) is 13.4. The molecule has 4 rings (SSSR count). The molecule has 0 spiro atoms. The van der Waals surface area contributed by atoms with E-state index in [0.29, 0.717) is 22.9 Å². The molecule has 0 radical (unpaired) electrons. The lowest BCUT2D eigenvalue weighted by molar-refractivity contribution is -0.128. The first-order chi connectivity index (χ1) is 16.3. The number of hydrogen-bond acceptors (Lipinski definition) is 6. The summed E-state index contributed by atoms with van der Waals surface area (Å²) in [6, 6.07) is 19.8. The van der Waals surface area contributed by atoms with Gasteiger partial charge in [0.2, 0.25) is 0 Å². The maximum atomic E-state index is 13.4. The van der Waals surface area contributed by atoms with Gasteiger partial charge in [-0.3, -0.25) is 9.10 Å². The highest BCUT2D eigenvalue weighted by molar-refractivity contribution is 7.92. The monoisotopic (exact) mass is 482 g/mol. The Labute approximate surface area is 199 Å². The Balaban J connectivity index is 1.61. The van der Waals surface area contributed by atoms with Gasteiger partial charge in [0.05, 0.1) is 37.4 Å². The summed E-state index contributed by atoms with van der Waals surface area (Å²) in [6.07, 6.45) is -1.05. The lowest BCUT2D eigenvalue weighted by atomic mass is 10.1. The van der Waals surface area contributed by atoms with Crippen LogP contribution in [0.3, 0.4) is 0 Å². The molecular weight excluding hydrogens is 456 g/mol. The topological polar surface area (TPSA) is 94.2 Å². The van der Waals surface area contributed by atoms with Crippen LogP contribution in [0.4, 0.5) is 5.69 Å². The molecule has 9 heteroatoms. The highest BCUT2D eigenvalue weighted by Gasteiger charge is 2.37. The van der Waals surface area contributed by atoms with Gasteiger partial charge in [-0.15, -0.1) is 0 Å². The molecule has 3 aromatic rings. The lowest BCUT2D eigenvalue weighted by Crippen LogP contribution is -2.51. The molecule has 3 aromatic carbocycles. The van der Waals surface area contributed by atoms with E-state index in [1.807, 2.05) is 6.92 Å². The average molecular weight is 483 g/mol. The number of methoxy groups -OCH3 is 2. The minimum absolute atomic E-state index is 0.139. The van der Waals surface area contributed by atoms with Gasteiger partial charge in [-0.05, 0) is 49.4 Å². The SMILES string of the molecule is COc1ccc(OC)c(C(C)NC(=O)C2CN(S(=O)(=O)c3ccccc3)c3ccccc3O2)c1. The maximum absolute atomic E-state index is 13.4. The van der Waals surface area contributed by atoms with Crippen molar-refractivity contribution in [3.05, 3.63) is 78.4 Å². The van der Waals surface area contributed by atoms with Crippen molar-refractivity contribution in [1.29, 1.82) is 0 Å². The first-order valence-corrected chi connectivity index (χ1v) is 12.1. The number of anilines is 1. The smallest absolute Gasteiger partial charge is 0.264 e. The molecule has 2 unspecified atom stereocenters. The third-order valence-electron chi connectivity index (χ3n) is 5.62. The summed E-state index contributed by atoms with van der Waals surface area (Å²) >= 11 is 0. The maximum Gasteiger partial charge on any atom is 0.264 e. The Kier molecular flexibility index (Phi) is 6.65. The van der Waals surface area contributed by atoms with Crippen LogP contribution < -0.4 is 23.8 Å². The lowest BCUT2D eigenvalue weighted by Gasteiger charge is -2.35. The number of nitrogens with one attached hydrogen (secondary N) is 1. The molecular formula is C25H26N2O6S. The molecule has 2 atom stereocenters. The zero-order valence-electron chi connectivity index (χ0n) is 19.1. The van der Waals surface area contributed by atoms with Crippen molar-refractivity contribution in [2.24, 2.45) is 0 Å². The van der Waals surface area contributed by atoms with E-state index in [0.717, 1.165) is 5.56 Å². The minimum atomic E-state index is -3.91. The molecule has 8 nitrogen and oxygen atoms in total. The Hall–Kier alpha value is -3.72. The number of benzene rings is 3. The van der Waals surface area contributed by atoms with Gasteiger partial charge < -0.3 is 19.5 Å². The Morgan fingerprint density at radius 2 is 1.74 bits per heavy atom. The van der Waals surface area contributed by atoms with Gasteiger partial charge >= 0.3 is 0 Å². The summed E-state index contributed by atoms with van der Waals surface area (Å²) < 4.78 is 44.7. The van der Waals surface area contributed by atoms with E-state index in [1.165, 1.54) is 16.4 Å². The summed E-state index contributed by atoms with van der Waals surface area (Å²) in [5.74, 6) is 1.09. The summed E-state index contributed by atoms with van der Waals surface area (Å²) in [7, 11) is -0.797. The van der Waals surface area contributed by atoms with E-state index in [4.69, 9.17) is 14.2 Å². The molecule has 0 aliphatic carbocycles. The fourth-order valence-electron chi connectivity index (χ4n) is 3.85. The van der Waals surface area contributed by atoms with Crippen LogP contribution in [0.1, 0.15) is 18.5 Å². The Morgan fingerprint density at radius 1 is 1.03 bits per heavy atom. The second-order valence-corrected chi connectivity index (χ2v) is 9.62. The number of fused-ring (bicyclic) bond motifs is 1. The Morgan fingerprint density at radius 3 is 2.44 bits per heavy atom. The number of hydrogen-bond donors (Lipinski definition) is 1. The normalized spacial score (nSPS) is 16.1. The highest BCUT2D eigenvalue weighted by atomic mass is 32.2. The van der Waals surface area contributed by atoms with Gasteiger partial charge in [-0.2, -0.15) is 0 Å². The summed E-state index contributed by atoms with van der Waals surface area (Å²) in [5.41, 5.74) is 1.11. The third kappa shape index (κ3) is 4.51. The minimum Gasteiger partial charge on any atom is -0.497 e. The van der Waals surface area contributed by atoms with Gasteiger partial charge in [0.1, 0.15) is 17.2 Å². The van der Waals surface area contributed by atoms with Crippen molar-refractivity contribution in [3.63, 3.8) is 0 Å². The van der Waals surface area contributed by atoms with Crippen molar-refractivity contribution < 1.29 is 27.4 Å². The molecule has 0 saturated heterocycles. The molecule has 0 fully saturated rings. The molecule has 0 saturated carbocycles. The van der Waals surface area contributed by atoms with Crippen LogP contribution in [-0.4, -0.2) is 41.2 Å². The standard InChI is InChI=1S/C25H26N2O6S/c1-17(20-15-18(31-2)13-14-22(20)32-3)26-25(28)24-16-27(21-11-7-8-12-23(21)33-24)34(29,30)19-9-5-4-6-10-19/h4-15,17,24H,16H2,1-3H3,(H,26,28). The van der Waals surface area contributed by atoms with E-state index >= 15 is 0 Å². The first kappa shape index (κ1) is 23.4. The number of ether oxygens (including phenoxy) is 3. The molecule has 1 N–H and O–H groups in total. The quantitative estimate of drug-likeness (QED) is 0.554. The number of carbonyl (C=O) groups excluding carboxylic acids is 1. The van der Waals surface area contributed by atoms with Crippen LogP contribution in [0.5, 0.6) is 17.2 Å². The summed E-state index contributed by atoms with van der Waals surface area (Å²) in [6.45, 7) is 1.65. The molecule has 1 amide bonds. The van der Waals surface area contributed by atoms with Gasteiger partial charge in [-0.25, -0.2) is 8.42 Å². The molecule has 0 aromatic heterocycles. The van der Waals surface area contributed by atoms with Crippen LogP contribution in [0.25, 0.3) is 0 Å². The number of para-hydroxylation sites is 2. The number of sulfonamides is 1. The zero-order chi connectivity index (χ0) is 24.3. The third-order valence-corrected chi connectivity index (χ3v) is 7.41. The van der Waals surface area contributed by atoms with E-state index in [2.05, 4.69) is 5.32 Å².